The van der Waals surface area contributed by atoms with Crippen LogP contribution >= 0.6 is 0 Å². The minimum atomic E-state index is -0.424. The molecule has 0 aromatic heterocycles. The Kier molecular flexibility index (Phi) is 3.22. The Hall–Kier alpha value is -1.13. The van der Waals surface area contributed by atoms with Crippen molar-refractivity contribution >= 4 is 5.69 Å². The molecule has 3 nitrogen and oxygen atoms in total. The van der Waals surface area contributed by atoms with E-state index in [0.717, 1.165) is 44.6 Å². The molecule has 1 saturated carbocycles. The van der Waals surface area contributed by atoms with E-state index in [2.05, 4.69) is 10.2 Å². The fourth-order valence-electron chi connectivity index (χ4n) is 2.55. The number of aliphatic hydroxyl groups excluding tert-OH is 1. The van der Waals surface area contributed by atoms with E-state index in [4.69, 9.17) is 0 Å². The van der Waals surface area contributed by atoms with Crippen LogP contribution in [0.1, 0.15) is 24.5 Å². The van der Waals surface area contributed by atoms with Crippen molar-refractivity contribution in [3.63, 3.8) is 0 Å². The summed E-state index contributed by atoms with van der Waals surface area (Å²) in [6, 6.07) is 5.02. The normalized spacial score (nSPS) is 22.0. The molecule has 1 aliphatic heterocycles. The number of piperazine rings is 1. The molecule has 1 aliphatic carbocycles. The minimum Gasteiger partial charge on any atom is -0.388 e. The number of nitrogens with zero attached hydrogens (tertiary/aromatic N) is 1. The van der Waals surface area contributed by atoms with Crippen molar-refractivity contribution in [1.82, 2.24) is 5.32 Å². The van der Waals surface area contributed by atoms with Crippen molar-refractivity contribution in [3.8, 4) is 0 Å². The van der Waals surface area contributed by atoms with Gasteiger partial charge in [-0.15, -0.1) is 0 Å². The Balaban J connectivity index is 1.84. The number of halogens is 1. The van der Waals surface area contributed by atoms with Gasteiger partial charge in [-0.25, -0.2) is 4.39 Å². The van der Waals surface area contributed by atoms with Crippen molar-refractivity contribution in [1.29, 1.82) is 0 Å². The highest BCUT2D eigenvalue weighted by atomic mass is 19.1. The molecule has 2 aliphatic rings. The van der Waals surface area contributed by atoms with E-state index in [1.807, 2.05) is 6.07 Å². The van der Waals surface area contributed by atoms with Gasteiger partial charge in [0.05, 0.1) is 11.8 Å². The monoisotopic (exact) mass is 250 g/mol. The molecular weight excluding hydrogens is 231 g/mol. The van der Waals surface area contributed by atoms with Gasteiger partial charge in [-0.3, -0.25) is 0 Å². The topological polar surface area (TPSA) is 35.5 Å². The van der Waals surface area contributed by atoms with Crippen LogP contribution < -0.4 is 10.2 Å². The standard InChI is InChI=1S/C14H19FN2O/c15-12-4-3-11(14(18)10-1-2-10)9-13(12)17-7-5-16-6-8-17/h3-4,9-10,14,16,18H,1-2,5-8H2. The van der Waals surface area contributed by atoms with E-state index in [1.165, 1.54) is 6.07 Å². The van der Waals surface area contributed by atoms with Gasteiger partial charge in [0.1, 0.15) is 5.82 Å². The van der Waals surface area contributed by atoms with E-state index in [9.17, 15) is 9.50 Å². The second-order valence-corrected chi connectivity index (χ2v) is 5.23. The van der Waals surface area contributed by atoms with Gasteiger partial charge in [-0.05, 0) is 36.5 Å². The summed E-state index contributed by atoms with van der Waals surface area (Å²) in [5.74, 6) is 0.190. The molecular formula is C14H19FN2O. The zero-order chi connectivity index (χ0) is 12.5. The number of hydrogen-bond acceptors (Lipinski definition) is 3. The first kappa shape index (κ1) is 11.9. The zero-order valence-electron chi connectivity index (χ0n) is 10.4. The van der Waals surface area contributed by atoms with Gasteiger partial charge in [0.15, 0.2) is 0 Å². The number of aliphatic hydroxyl groups is 1. The van der Waals surface area contributed by atoms with Gasteiger partial charge in [0, 0.05) is 26.2 Å². The van der Waals surface area contributed by atoms with Crippen molar-refractivity contribution in [3.05, 3.63) is 29.6 Å². The molecule has 2 fully saturated rings. The first-order valence-corrected chi connectivity index (χ1v) is 6.69. The van der Waals surface area contributed by atoms with Crippen LogP contribution in [0, 0.1) is 11.7 Å². The lowest BCUT2D eigenvalue weighted by atomic mass is 10.0. The fraction of sp³-hybridized carbons (Fsp3) is 0.571. The minimum absolute atomic E-state index is 0.191. The van der Waals surface area contributed by atoms with Crippen LogP contribution in [0.4, 0.5) is 10.1 Å². The smallest absolute Gasteiger partial charge is 0.146 e. The maximum Gasteiger partial charge on any atom is 0.146 e. The average Bonchev–Trinajstić information content (AvgIpc) is 3.24. The maximum absolute atomic E-state index is 13.9. The summed E-state index contributed by atoms with van der Waals surface area (Å²) in [5.41, 5.74) is 1.49. The molecule has 18 heavy (non-hydrogen) atoms. The van der Waals surface area contributed by atoms with E-state index >= 15 is 0 Å². The first-order valence-electron chi connectivity index (χ1n) is 6.69. The van der Waals surface area contributed by atoms with Gasteiger partial charge in [-0.2, -0.15) is 0 Å². The molecule has 3 rings (SSSR count). The molecule has 0 spiro atoms. The molecule has 4 heteroatoms. The molecule has 1 heterocycles. The zero-order valence-corrected chi connectivity index (χ0v) is 10.4. The van der Waals surface area contributed by atoms with Gasteiger partial charge in [-0.1, -0.05) is 6.07 Å². The van der Waals surface area contributed by atoms with Crippen molar-refractivity contribution < 1.29 is 9.50 Å². The summed E-state index contributed by atoms with van der Waals surface area (Å²) in [5, 5.41) is 13.4. The second kappa shape index (κ2) is 4.86. The summed E-state index contributed by atoms with van der Waals surface area (Å²) >= 11 is 0. The molecule has 98 valence electrons. The van der Waals surface area contributed by atoms with Gasteiger partial charge in [0.25, 0.3) is 0 Å². The number of benzene rings is 1. The highest BCUT2D eigenvalue weighted by Crippen LogP contribution is 2.41. The van der Waals surface area contributed by atoms with E-state index in [1.54, 1.807) is 6.07 Å². The quantitative estimate of drug-likeness (QED) is 0.856. The van der Waals surface area contributed by atoms with Crippen LogP contribution in [-0.4, -0.2) is 31.3 Å². The van der Waals surface area contributed by atoms with Gasteiger partial charge >= 0.3 is 0 Å². The first-order chi connectivity index (χ1) is 8.75. The highest BCUT2D eigenvalue weighted by molar-refractivity contribution is 5.51. The summed E-state index contributed by atoms with van der Waals surface area (Å²) in [6.07, 6.45) is 1.75. The Morgan fingerprint density at radius 1 is 1.28 bits per heavy atom. The molecule has 1 aromatic carbocycles. The van der Waals surface area contributed by atoms with Crippen LogP contribution in [0.5, 0.6) is 0 Å². The number of anilines is 1. The third kappa shape index (κ3) is 2.35. The molecule has 1 aromatic rings. The second-order valence-electron chi connectivity index (χ2n) is 5.23. The molecule has 1 atom stereocenters. The Bertz CT molecular complexity index is 428. The van der Waals surface area contributed by atoms with E-state index < -0.39 is 6.10 Å². The summed E-state index contributed by atoms with van der Waals surface area (Å²) in [6.45, 7) is 3.41. The fourth-order valence-corrected chi connectivity index (χ4v) is 2.55. The summed E-state index contributed by atoms with van der Waals surface area (Å²) in [4.78, 5) is 2.05. The van der Waals surface area contributed by atoms with Crippen LogP contribution in [0.15, 0.2) is 18.2 Å². The van der Waals surface area contributed by atoms with Crippen LogP contribution in [-0.2, 0) is 0 Å². The molecule has 1 unspecified atom stereocenters. The largest absolute Gasteiger partial charge is 0.388 e. The summed E-state index contributed by atoms with van der Waals surface area (Å²) < 4.78 is 13.9. The SMILES string of the molecule is OC(c1ccc(F)c(N2CCNCC2)c1)C1CC1. The lowest BCUT2D eigenvalue weighted by molar-refractivity contribution is 0.154. The maximum atomic E-state index is 13.9. The molecule has 2 N–H and O–H groups in total. The number of hydrogen-bond donors (Lipinski definition) is 2. The third-order valence-corrected chi connectivity index (χ3v) is 3.84. The number of nitrogens with one attached hydrogen (secondary N) is 1. The molecule has 0 bridgehead atoms. The predicted octanol–water partition coefficient (Wildman–Crippen LogP) is 1.68. The lowest BCUT2D eigenvalue weighted by Crippen LogP contribution is -2.43. The van der Waals surface area contributed by atoms with Crippen LogP contribution in [0.25, 0.3) is 0 Å². The molecule has 1 saturated heterocycles. The van der Waals surface area contributed by atoms with E-state index in [0.29, 0.717) is 11.6 Å². The molecule has 0 amide bonds. The van der Waals surface area contributed by atoms with Crippen molar-refractivity contribution in [2.45, 2.75) is 18.9 Å². The Morgan fingerprint density at radius 2 is 2.00 bits per heavy atom. The molecule has 0 radical (unpaired) electrons. The lowest BCUT2D eigenvalue weighted by Gasteiger charge is -2.30. The highest BCUT2D eigenvalue weighted by Gasteiger charge is 2.31. The van der Waals surface area contributed by atoms with Crippen LogP contribution in [0.2, 0.25) is 0 Å². The van der Waals surface area contributed by atoms with Gasteiger partial charge in [0.2, 0.25) is 0 Å². The Morgan fingerprint density at radius 3 is 2.67 bits per heavy atom. The predicted molar refractivity (Wildman–Crippen MR) is 69.2 cm³/mol. The average molecular weight is 250 g/mol. The number of rotatable bonds is 3. The van der Waals surface area contributed by atoms with Crippen LogP contribution in [0.3, 0.4) is 0 Å². The third-order valence-electron chi connectivity index (χ3n) is 3.84. The van der Waals surface area contributed by atoms with Crippen molar-refractivity contribution in [2.24, 2.45) is 5.92 Å². The Labute approximate surface area is 107 Å². The van der Waals surface area contributed by atoms with Gasteiger partial charge < -0.3 is 15.3 Å². The van der Waals surface area contributed by atoms with Crippen molar-refractivity contribution in [2.75, 3.05) is 31.1 Å². The summed E-state index contributed by atoms with van der Waals surface area (Å²) in [7, 11) is 0. The van der Waals surface area contributed by atoms with E-state index in [-0.39, 0.29) is 5.82 Å².